The van der Waals surface area contributed by atoms with Crippen LogP contribution in [-0.2, 0) is 0 Å². The number of halogens is 2. The second kappa shape index (κ2) is 3.88. The molecule has 0 unspecified atom stereocenters. The molecule has 3 heteroatoms. The summed E-state index contributed by atoms with van der Waals surface area (Å²) in [6.45, 7) is 3.40. The quantitative estimate of drug-likeness (QED) is 0.669. The maximum atomic E-state index is 12.9. The molecule has 1 nitrogen and oxygen atoms in total. The van der Waals surface area contributed by atoms with Crippen LogP contribution in [-0.4, -0.2) is 5.78 Å². The lowest BCUT2D eigenvalue weighted by atomic mass is 10.1. The summed E-state index contributed by atoms with van der Waals surface area (Å²) in [6, 6.07) is 2.50. The van der Waals surface area contributed by atoms with Crippen LogP contribution in [0.3, 0.4) is 0 Å². The number of aryl methyl sites for hydroxylation is 1. The third kappa shape index (κ3) is 2.07. The van der Waals surface area contributed by atoms with E-state index in [4.69, 9.17) is 11.6 Å². The van der Waals surface area contributed by atoms with Crippen molar-refractivity contribution in [2.24, 2.45) is 0 Å². The summed E-state index contributed by atoms with van der Waals surface area (Å²) < 4.78 is 12.9. The normalized spacial score (nSPS) is 10.2. The van der Waals surface area contributed by atoms with Crippen LogP contribution < -0.4 is 0 Å². The van der Waals surface area contributed by atoms with Crippen LogP contribution in [0.25, 0.3) is 0 Å². The molecule has 0 spiro atoms. The van der Waals surface area contributed by atoms with Crippen LogP contribution in [0.5, 0.6) is 0 Å². The maximum absolute atomic E-state index is 12.9. The Morgan fingerprint density at radius 1 is 1.54 bits per heavy atom. The molecule has 0 bridgehead atoms. The SMILES string of the molecule is CCC(=O)c1cc(F)cc(C)c1Cl. The summed E-state index contributed by atoms with van der Waals surface area (Å²) >= 11 is 5.85. The molecule has 0 aliphatic heterocycles. The molecule has 0 aliphatic carbocycles. The number of ketones is 1. The molecule has 0 heterocycles. The zero-order valence-corrected chi connectivity index (χ0v) is 8.28. The van der Waals surface area contributed by atoms with Crippen molar-refractivity contribution in [3.05, 3.63) is 34.1 Å². The van der Waals surface area contributed by atoms with Crippen molar-refractivity contribution in [3.63, 3.8) is 0 Å². The summed E-state index contributed by atoms with van der Waals surface area (Å²) in [5, 5.41) is 0.355. The third-order valence-electron chi connectivity index (χ3n) is 1.84. The first kappa shape index (κ1) is 10.2. The zero-order chi connectivity index (χ0) is 10.0. The Labute approximate surface area is 81.5 Å². The van der Waals surface area contributed by atoms with E-state index in [1.54, 1.807) is 13.8 Å². The lowest BCUT2D eigenvalue weighted by Crippen LogP contribution is -2.00. The molecule has 0 aliphatic rings. The van der Waals surface area contributed by atoms with Gasteiger partial charge >= 0.3 is 0 Å². The Balaban J connectivity index is 3.28. The molecule has 1 rings (SSSR count). The average molecular weight is 201 g/mol. The molecule has 0 saturated carbocycles. The van der Waals surface area contributed by atoms with Crippen molar-refractivity contribution < 1.29 is 9.18 Å². The Kier molecular flexibility index (Phi) is 3.04. The topological polar surface area (TPSA) is 17.1 Å². The molecule has 0 amide bonds. The van der Waals surface area contributed by atoms with Gasteiger partial charge in [-0.05, 0) is 24.6 Å². The maximum Gasteiger partial charge on any atom is 0.164 e. The van der Waals surface area contributed by atoms with E-state index in [2.05, 4.69) is 0 Å². The van der Waals surface area contributed by atoms with Crippen molar-refractivity contribution in [3.8, 4) is 0 Å². The van der Waals surface area contributed by atoms with Gasteiger partial charge in [-0.15, -0.1) is 0 Å². The fourth-order valence-corrected chi connectivity index (χ4v) is 1.33. The second-order valence-electron chi connectivity index (χ2n) is 2.86. The van der Waals surface area contributed by atoms with Crippen molar-refractivity contribution >= 4 is 17.4 Å². The Hall–Kier alpha value is -0.890. The minimum atomic E-state index is -0.418. The minimum absolute atomic E-state index is 0.132. The number of Topliss-reactive ketones (excluding diaryl/α,β-unsaturated/α-hetero) is 1. The van der Waals surface area contributed by atoms with Gasteiger partial charge < -0.3 is 0 Å². The standard InChI is InChI=1S/C10H10ClFO/c1-3-9(13)8-5-7(12)4-6(2)10(8)11/h4-5H,3H2,1-2H3. The monoisotopic (exact) mass is 200 g/mol. The fraction of sp³-hybridized carbons (Fsp3) is 0.300. The third-order valence-corrected chi connectivity index (χ3v) is 2.34. The van der Waals surface area contributed by atoms with Crippen molar-refractivity contribution in [1.82, 2.24) is 0 Å². The predicted octanol–water partition coefficient (Wildman–Crippen LogP) is 3.38. The molecular weight excluding hydrogens is 191 g/mol. The van der Waals surface area contributed by atoms with Gasteiger partial charge in [-0.2, -0.15) is 0 Å². The Morgan fingerprint density at radius 2 is 2.15 bits per heavy atom. The van der Waals surface area contributed by atoms with Crippen molar-refractivity contribution in [2.75, 3.05) is 0 Å². The first-order chi connectivity index (χ1) is 6.06. The average Bonchev–Trinajstić information content (AvgIpc) is 2.10. The van der Waals surface area contributed by atoms with E-state index in [1.807, 2.05) is 0 Å². The Bertz CT molecular complexity index is 347. The largest absolute Gasteiger partial charge is 0.294 e. The van der Waals surface area contributed by atoms with Gasteiger partial charge in [0.15, 0.2) is 5.78 Å². The molecule has 13 heavy (non-hydrogen) atoms. The highest BCUT2D eigenvalue weighted by Crippen LogP contribution is 2.23. The lowest BCUT2D eigenvalue weighted by molar-refractivity contribution is 0.0988. The first-order valence-electron chi connectivity index (χ1n) is 4.05. The van der Waals surface area contributed by atoms with E-state index in [1.165, 1.54) is 12.1 Å². The van der Waals surface area contributed by atoms with E-state index in [-0.39, 0.29) is 11.3 Å². The van der Waals surface area contributed by atoms with Crippen LogP contribution >= 0.6 is 11.6 Å². The number of carbonyl (C=O) groups is 1. The summed E-state index contributed by atoms with van der Waals surface area (Å²) in [4.78, 5) is 11.3. The fourth-order valence-electron chi connectivity index (χ4n) is 1.12. The summed E-state index contributed by atoms with van der Waals surface area (Å²) in [7, 11) is 0. The number of rotatable bonds is 2. The first-order valence-corrected chi connectivity index (χ1v) is 4.43. The molecule has 0 aromatic heterocycles. The van der Waals surface area contributed by atoms with Gasteiger partial charge in [0.05, 0.1) is 5.02 Å². The summed E-state index contributed by atoms with van der Waals surface area (Å²) in [5.74, 6) is -0.550. The van der Waals surface area contributed by atoms with E-state index >= 15 is 0 Å². The predicted molar refractivity (Wildman–Crippen MR) is 50.8 cm³/mol. The van der Waals surface area contributed by atoms with E-state index in [0.717, 1.165) is 0 Å². The number of benzene rings is 1. The smallest absolute Gasteiger partial charge is 0.164 e. The second-order valence-corrected chi connectivity index (χ2v) is 3.24. The molecule has 0 radical (unpaired) electrons. The number of hydrogen-bond acceptors (Lipinski definition) is 1. The molecule has 0 fully saturated rings. The van der Waals surface area contributed by atoms with E-state index in [0.29, 0.717) is 17.0 Å². The molecule has 0 N–H and O–H groups in total. The van der Waals surface area contributed by atoms with Gasteiger partial charge in [-0.3, -0.25) is 4.79 Å². The van der Waals surface area contributed by atoms with E-state index in [9.17, 15) is 9.18 Å². The van der Waals surface area contributed by atoms with Gasteiger partial charge in [0.25, 0.3) is 0 Å². The molecule has 1 aromatic rings. The highest BCUT2D eigenvalue weighted by atomic mass is 35.5. The summed E-state index contributed by atoms with van der Waals surface area (Å²) in [5.41, 5.74) is 0.875. The molecular formula is C10H10ClFO. The van der Waals surface area contributed by atoms with Gasteiger partial charge in [0, 0.05) is 12.0 Å². The van der Waals surface area contributed by atoms with Gasteiger partial charge in [0.1, 0.15) is 5.82 Å². The van der Waals surface area contributed by atoms with Crippen LogP contribution in [0.1, 0.15) is 29.3 Å². The zero-order valence-electron chi connectivity index (χ0n) is 7.53. The molecule has 0 atom stereocenters. The van der Waals surface area contributed by atoms with Gasteiger partial charge in [-0.1, -0.05) is 18.5 Å². The number of hydrogen-bond donors (Lipinski definition) is 0. The van der Waals surface area contributed by atoms with Crippen LogP contribution in [0.15, 0.2) is 12.1 Å². The Morgan fingerprint density at radius 3 is 2.69 bits per heavy atom. The summed E-state index contributed by atoms with van der Waals surface area (Å²) in [6.07, 6.45) is 0.336. The highest BCUT2D eigenvalue weighted by Gasteiger charge is 2.11. The van der Waals surface area contributed by atoms with E-state index < -0.39 is 5.82 Å². The van der Waals surface area contributed by atoms with Crippen LogP contribution in [0.4, 0.5) is 4.39 Å². The van der Waals surface area contributed by atoms with Gasteiger partial charge in [0.2, 0.25) is 0 Å². The van der Waals surface area contributed by atoms with Crippen LogP contribution in [0, 0.1) is 12.7 Å². The van der Waals surface area contributed by atoms with Crippen LogP contribution in [0.2, 0.25) is 5.02 Å². The highest BCUT2D eigenvalue weighted by molar-refractivity contribution is 6.34. The van der Waals surface area contributed by atoms with Crippen molar-refractivity contribution in [1.29, 1.82) is 0 Å². The molecule has 1 aromatic carbocycles. The molecule has 70 valence electrons. The van der Waals surface area contributed by atoms with Crippen molar-refractivity contribution in [2.45, 2.75) is 20.3 Å². The number of carbonyl (C=O) groups excluding carboxylic acids is 1. The molecule has 0 saturated heterocycles. The lowest BCUT2D eigenvalue weighted by Gasteiger charge is -2.04. The minimum Gasteiger partial charge on any atom is -0.294 e. The van der Waals surface area contributed by atoms with Gasteiger partial charge in [-0.25, -0.2) is 4.39 Å².